The van der Waals surface area contributed by atoms with Crippen LogP contribution in [0.5, 0.6) is 5.75 Å². The first kappa shape index (κ1) is 19.1. The molecule has 0 heterocycles. The van der Waals surface area contributed by atoms with Gasteiger partial charge in [-0.15, -0.1) is 0 Å². The first-order valence-corrected chi connectivity index (χ1v) is 8.80. The summed E-state index contributed by atoms with van der Waals surface area (Å²) in [7, 11) is -4.05. The number of nitro groups is 1. The smallest absolute Gasteiger partial charge is 0.295 e. The SMILES string of the molecule is C=CCOc1ccccc1/C=N\Nc1ccc(S(N)(=O)=O)cc1[N+](=O)[O-]. The van der Waals surface area contributed by atoms with Gasteiger partial charge in [0.15, 0.2) is 0 Å². The molecule has 3 N–H and O–H groups in total. The van der Waals surface area contributed by atoms with Crippen molar-refractivity contribution in [3.05, 3.63) is 70.8 Å². The largest absolute Gasteiger partial charge is 0.489 e. The minimum Gasteiger partial charge on any atom is -0.489 e. The number of nitrogens with two attached hydrogens (primary N) is 1. The zero-order valence-corrected chi connectivity index (χ0v) is 14.3. The Balaban J connectivity index is 2.26. The number of sulfonamides is 1. The van der Waals surface area contributed by atoms with Crippen LogP contribution in [0.3, 0.4) is 0 Å². The van der Waals surface area contributed by atoms with Crippen molar-refractivity contribution in [1.82, 2.24) is 0 Å². The molecule has 0 aromatic heterocycles. The van der Waals surface area contributed by atoms with Crippen LogP contribution in [0.2, 0.25) is 0 Å². The van der Waals surface area contributed by atoms with Gasteiger partial charge in [-0.05, 0) is 24.3 Å². The van der Waals surface area contributed by atoms with Crippen LogP contribution in [0.4, 0.5) is 11.4 Å². The Morgan fingerprint density at radius 2 is 2.04 bits per heavy atom. The van der Waals surface area contributed by atoms with E-state index in [4.69, 9.17) is 9.88 Å². The monoisotopic (exact) mass is 376 g/mol. The van der Waals surface area contributed by atoms with Gasteiger partial charge in [0, 0.05) is 11.6 Å². The fourth-order valence-corrected chi connectivity index (χ4v) is 2.51. The molecular weight excluding hydrogens is 360 g/mol. The van der Waals surface area contributed by atoms with Gasteiger partial charge in [-0.1, -0.05) is 24.8 Å². The molecule has 0 radical (unpaired) electrons. The molecule has 0 bridgehead atoms. The number of hydrogen-bond donors (Lipinski definition) is 2. The van der Waals surface area contributed by atoms with Crippen LogP contribution in [0.1, 0.15) is 5.56 Å². The highest BCUT2D eigenvalue weighted by Gasteiger charge is 2.18. The van der Waals surface area contributed by atoms with Gasteiger partial charge in [-0.3, -0.25) is 15.5 Å². The summed E-state index contributed by atoms with van der Waals surface area (Å²) in [6.45, 7) is 3.89. The number of nitrogens with one attached hydrogen (secondary N) is 1. The molecule has 26 heavy (non-hydrogen) atoms. The Hall–Kier alpha value is -3.24. The lowest BCUT2D eigenvalue weighted by atomic mass is 10.2. The molecule has 0 aliphatic carbocycles. The molecule has 10 heteroatoms. The Labute approximate surface area is 150 Å². The third kappa shape index (κ3) is 4.88. The minimum atomic E-state index is -4.05. The van der Waals surface area contributed by atoms with Gasteiger partial charge in [0.1, 0.15) is 18.0 Å². The Bertz CT molecular complexity index is 957. The molecule has 9 nitrogen and oxygen atoms in total. The van der Waals surface area contributed by atoms with Crippen molar-refractivity contribution < 1.29 is 18.1 Å². The molecule has 0 aliphatic rings. The van der Waals surface area contributed by atoms with Crippen LogP contribution < -0.4 is 15.3 Å². The van der Waals surface area contributed by atoms with E-state index in [1.165, 1.54) is 12.3 Å². The number of primary sulfonamides is 1. The number of anilines is 1. The highest BCUT2D eigenvalue weighted by Crippen LogP contribution is 2.27. The van der Waals surface area contributed by atoms with Gasteiger partial charge >= 0.3 is 0 Å². The molecule has 0 aliphatic heterocycles. The zero-order chi connectivity index (χ0) is 19.2. The minimum absolute atomic E-state index is 0.0168. The normalized spacial score (nSPS) is 11.3. The highest BCUT2D eigenvalue weighted by molar-refractivity contribution is 7.89. The fourth-order valence-electron chi connectivity index (χ4n) is 1.97. The predicted molar refractivity (Wildman–Crippen MR) is 97.8 cm³/mol. The number of nitrogens with zero attached hydrogens (tertiary/aromatic N) is 2. The second kappa shape index (κ2) is 8.23. The van der Waals surface area contributed by atoms with Gasteiger partial charge in [0.2, 0.25) is 10.0 Å². The van der Waals surface area contributed by atoms with Crippen molar-refractivity contribution in [1.29, 1.82) is 0 Å². The average Bonchev–Trinajstić information content (AvgIpc) is 2.60. The molecular formula is C16H16N4O5S. The first-order chi connectivity index (χ1) is 12.3. The molecule has 0 amide bonds. The maximum Gasteiger partial charge on any atom is 0.295 e. The van der Waals surface area contributed by atoms with Crippen molar-refractivity contribution in [3.8, 4) is 5.75 Å². The number of para-hydroxylation sites is 1. The van der Waals surface area contributed by atoms with Gasteiger partial charge < -0.3 is 4.74 Å². The van der Waals surface area contributed by atoms with Crippen LogP contribution >= 0.6 is 0 Å². The van der Waals surface area contributed by atoms with E-state index in [0.717, 1.165) is 12.1 Å². The average molecular weight is 376 g/mol. The van der Waals surface area contributed by atoms with E-state index in [0.29, 0.717) is 17.9 Å². The van der Waals surface area contributed by atoms with Gasteiger partial charge in [0.05, 0.1) is 16.0 Å². The number of hydrazone groups is 1. The molecule has 0 unspecified atom stereocenters. The quantitative estimate of drug-likeness (QED) is 0.314. The van der Waals surface area contributed by atoms with Crippen molar-refractivity contribution in [3.63, 3.8) is 0 Å². The van der Waals surface area contributed by atoms with E-state index in [2.05, 4.69) is 17.1 Å². The van der Waals surface area contributed by atoms with Crippen LogP contribution in [0, 0.1) is 10.1 Å². The number of ether oxygens (including phenoxy) is 1. The zero-order valence-electron chi connectivity index (χ0n) is 13.5. The van der Waals surface area contributed by atoms with E-state index < -0.39 is 20.6 Å². The molecule has 2 rings (SSSR count). The van der Waals surface area contributed by atoms with Gasteiger partial charge in [-0.25, -0.2) is 13.6 Å². The molecule has 0 fully saturated rings. The molecule has 0 spiro atoms. The Kier molecular flexibility index (Phi) is 6.04. The highest BCUT2D eigenvalue weighted by atomic mass is 32.2. The lowest BCUT2D eigenvalue weighted by Crippen LogP contribution is -2.12. The molecule has 0 saturated heterocycles. The Morgan fingerprint density at radius 1 is 1.31 bits per heavy atom. The standard InChI is InChI=1S/C16H16N4O5S/c1-2-9-25-16-6-4-3-5-12(16)11-18-19-14-8-7-13(26(17,23)24)10-15(14)20(21)22/h2-8,10-11,19H,1,9H2,(H2,17,23,24)/b18-11-. The number of nitro benzene ring substituents is 1. The third-order valence-electron chi connectivity index (χ3n) is 3.16. The van der Waals surface area contributed by atoms with Crippen LogP contribution in [0.15, 0.2) is 65.1 Å². The third-order valence-corrected chi connectivity index (χ3v) is 4.07. The second-order valence-electron chi connectivity index (χ2n) is 4.99. The number of rotatable bonds is 8. The Morgan fingerprint density at radius 3 is 2.69 bits per heavy atom. The van der Waals surface area contributed by atoms with E-state index in [-0.39, 0.29) is 10.6 Å². The van der Waals surface area contributed by atoms with Crippen LogP contribution in [-0.2, 0) is 10.0 Å². The molecule has 0 saturated carbocycles. The van der Waals surface area contributed by atoms with E-state index in [1.54, 1.807) is 30.3 Å². The summed E-state index contributed by atoms with van der Waals surface area (Å²) in [4.78, 5) is 10.1. The van der Waals surface area contributed by atoms with Crippen molar-refractivity contribution in [2.45, 2.75) is 4.90 Å². The molecule has 2 aromatic carbocycles. The van der Waals surface area contributed by atoms with Crippen molar-refractivity contribution >= 4 is 27.6 Å². The lowest BCUT2D eigenvalue weighted by Gasteiger charge is -2.07. The maximum atomic E-state index is 11.3. The lowest BCUT2D eigenvalue weighted by molar-refractivity contribution is -0.384. The molecule has 136 valence electrons. The van der Waals surface area contributed by atoms with Crippen molar-refractivity contribution in [2.24, 2.45) is 10.2 Å². The molecule has 0 atom stereocenters. The fraction of sp³-hybridized carbons (Fsp3) is 0.0625. The summed E-state index contributed by atoms with van der Waals surface area (Å²) in [5.74, 6) is 0.567. The summed E-state index contributed by atoms with van der Waals surface area (Å²) >= 11 is 0. The topological polar surface area (TPSA) is 137 Å². The first-order valence-electron chi connectivity index (χ1n) is 7.26. The summed E-state index contributed by atoms with van der Waals surface area (Å²) < 4.78 is 28.1. The van der Waals surface area contributed by atoms with Crippen LogP contribution in [0.25, 0.3) is 0 Å². The predicted octanol–water partition coefficient (Wildman–Crippen LogP) is 2.25. The number of hydrogen-bond acceptors (Lipinski definition) is 7. The van der Waals surface area contributed by atoms with Gasteiger partial charge in [0.25, 0.3) is 5.69 Å². The van der Waals surface area contributed by atoms with Gasteiger partial charge in [-0.2, -0.15) is 5.10 Å². The number of benzene rings is 2. The van der Waals surface area contributed by atoms with Crippen LogP contribution in [-0.4, -0.2) is 26.2 Å². The van der Waals surface area contributed by atoms with Crippen molar-refractivity contribution in [2.75, 3.05) is 12.0 Å². The summed E-state index contributed by atoms with van der Waals surface area (Å²) in [5, 5.41) is 20.1. The van der Waals surface area contributed by atoms with E-state index in [1.807, 2.05) is 0 Å². The summed E-state index contributed by atoms with van der Waals surface area (Å²) in [5.41, 5.74) is 2.71. The second-order valence-corrected chi connectivity index (χ2v) is 6.55. The van der Waals surface area contributed by atoms with E-state index >= 15 is 0 Å². The maximum absolute atomic E-state index is 11.3. The van der Waals surface area contributed by atoms with E-state index in [9.17, 15) is 18.5 Å². The summed E-state index contributed by atoms with van der Waals surface area (Å²) in [6, 6.07) is 10.3. The summed E-state index contributed by atoms with van der Waals surface area (Å²) in [6.07, 6.45) is 3.03. The molecule has 2 aromatic rings.